The first-order valence-corrected chi connectivity index (χ1v) is 9.78. The number of carbonyl (C=O) groups excluding carboxylic acids is 1. The zero-order valence-electron chi connectivity index (χ0n) is 17.5. The van der Waals surface area contributed by atoms with Crippen LogP contribution in [0.3, 0.4) is 0 Å². The summed E-state index contributed by atoms with van der Waals surface area (Å²) in [7, 11) is 0. The molecule has 0 aliphatic carbocycles. The van der Waals surface area contributed by atoms with E-state index >= 15 is 0 Å². The molecule has 29 heavy (non-hydrogen) atoms. The number of hydrogen-bond donors (Lipinski definition) is 1. The molecule has 0 saturated heterocycles. The van der Waals surface area contributed by atoms with Crippen molar-refractivity contribution >= 4 is 5.91 Å². The van der Waals surface area contributed by atoms with Crippen LogP contribution in [0.15, 0.2) is 47.0 Å². The third-order valence-corrected chi connectivity index (χ3v) is 4.62. The SMILES string of the molecule is Cc1cccc(-c2noc(CNC(=O)[C@@H](C)Oc3cc(C)ccc3C(C)C)n2)c1. The molecule has 6 heteroatoms. The lowest BCUT2D eigenvalue weighted by atomic mass is 10.0. The Hall–Kier alpha value is -3.15. The van der Waals surface area contributed by atoms with Crippen molar-refractivity contribution < 1.29 is 14.1 Å². The summed E-state index contributed by atoms with van der Waals surface area (Å²) in [5.41, 5.74) is 4.16. The molecule has 3 rings (SSSR count). The molecule has 1 amide bonds. The molecule has 2 aromatic carbocycles. The lowest BCUT2D eigenvalue weighted by Gasteiger charge is -2.19. The zero-order chi connectivity index (χ0) is 21.0. The molecule has 0 bridgehead atoms. The van der Waals surface area contributed by atoms with Gasteiger partial charge in [0.05, 0.1) is 6.54 Å². The molecule has 6 nitrogen and oxygen atoms in total. The van der Waals surface area contributed by atoms with Crippen molar-refractivity contribution in [2.75, 3.05) is 0 Å². The van der Waals surface area contributed by atoms with Crippen LogP contribution in [0, 0.1) is 13.8 Å². The first-order chi connectivity index (χ1) is 13.8. The molecule has 0 saturated carbocycles. The normalized spacial score (nSPS) is 12.1. The Labute approximate surface area is 171 Å². The fourth-order valence-corrected chi connectivity index (χ4v) is 3.00. The summed E-state index contributed by atoms with van der Waals surface area (Å²) in [6.07, 6.45) is -0.645. The quantitative estimate of drug-likeness (QED) is 0.637. The van der Waals surface area contributed by atoms with E-state index < -0.39 is 6.10 Å². The Morgan fingerprint density at radius 1 is 1.10 bits per heavy atom. The standard InChI is InChI=1S/C23H27N3O3/c1-14(2)19-10-9-16(4)12-20(19)28-17(5)23(27)24-13-21-25-22(26-29-21)18-8-6-7-15(3)11-18/h6-12,14,17H,13H2,1-5H3,(H,24,27)/t17-/m1/s1. The summed E-state index contributed by atoms with van der Waals surface area (Å²) in [5, 5.41) is 6.79. The Balaban J connectivity index is 1.61. The van der Waals surface area contributed by atoms with Crippen LogP contribution in [0.4, 0.5) is 0 Å². The number of hydrogen-bond acceptors (Lipinski definition) is 5. The van der Waals surface area contributed by atoms with E-state index in [0.717, 1.165) is 28.0 Å². The lowest BCUT2D eigenvalue weighted by Crippen LogP contribution is -2.36. The molecule has 1 aromatic heterocycles. The van der Waals surface area contributed by atoms with Crippen LogP contribution < -0.4 is 10.1 Å². The van der Waals surface area contributed by atoms with Gasteiger partial charge in [-0.2, -0.15) is 4.98 Å². The van der Waals surface area contributed by atoms with Gasteiger partial charge in [0.1, 0.15) is 5.75 Å². The molecule has 1 heterocycles. The zero-order valence-corrected chi connectivity index (χ0v) is 17.5. The number of amides is 1. The highest BCUT2D eigenvalue weighted by atomic mass is 16.5. The number of carbonyl (C=O) groups is 1. The molecule has 152 valence electrons. The number of aromatic nitrogens is 2. The Morgan fingerprint density at radius 3 is 2.59 bits per heavy atom. The van der Waals surface area contributed by atoms with Crippen molar-refractivity contribution in [3.8, 4) is 17.1 Å². The molecular weight excluding hydrogens is 366 g/mol. The van der Waals surface area contributed by atoms with Crippen LogP contribution in [-0.2, 0) is 11.3 Å². The Morgan fingerprint density at radius 2 is 1.86 bits per heavy atom. The van der Waals surface area contributed by atoms with Crippen molar-refractivity contribution in [2.24, 2.45) is 0 Å². The van der Waals surface area contributed by atoms with Crippen LogP contribution in [-0.4, -0.2) is 22.2 Å². The van der Waals surface area contributed by atoms with Gasteiger partial charge in [0, 0.05) is 5.56 Å². The van der Waals surface area contributed by atoms with Crippen molar-refractivity contribution in [2.45, 2.75) is 53.2 Å². The number of ether oxygens (including phenoxy) is 1. The van der Waals surface area contributed by atoms with E-state index in [-0.39, 0.29) is 12.5 Å². The maximum Gasteiger partial charge on any atom is 0.261 e. The highest BCUT2D eigenvalue weighted by molar-refractivity contribution is 5.80. The van der Waals surface area contributed by atoms with Gasteiger partial charge >= 0.3 is 0 Å². The van der Waals surface area contributed by atoms with E-state index in [2.05, 4.69) is 29.3 Å². The van der Waals surface area contributed by atoms with Crippen molar-refractivity contribution in [1.82, 2.24) is 15.5 Å². The van der Waals surface area contributed by atoms with Crippen LogP contribution in [0.1, 0.15) is 49.3 Å². The second-order valence-electron chi connectivity index (χ2n) is 7.56. The highest BCUT2D eigenvalue weighted by Crippen LogP contribution is 2.28. The third-order valence-electron chi connectivity index (χ3n) is 4.62. The summed E-state index contributed by atoms with van der Waals surface area (Å²) >= 11 is 0. The largest absolute Gasteiger partial charge is 0.481 e. The second-order valence-corrected chi connectivity index (χ2v) is 7.56. The molecule has 0 fully saturated rings. The maximum absolute atomic E-state index is 12.5. The molecule has 1 atom stereocenters. The van der Waals surface area contributed by atoms with Crippen LogP contribution >= 0.6 is 0 Å². The van der Waals surface area contributed by atoms with E-state index in [0.29, 0.717) is 17.6 Å². The average Bonchev–Trinajstić information content (AvgIpc) is 3.15. The molecule has 0 aliphatic rings. The lowest BCUT2D eigenvalue weighted by molar-refractivity contribution is -0.127. The molecule has 0 radical (unpaired) electrons. The van der Waals surface area contributed by atoms with Crippen LogP contribution in [0.2, 0.25) is 0 Å². The minimum absolute atomic E-state index is 0.149. The Kier molecular flexibility index (Phi) is 6.32. The molecule has 0 aliphatic heterocycles. The molecular formula is C23H27N3O3. The van der Waals surface area contributed by atoms with E-state index in [9.17, 15) is 4.79 Å². The second kappa shape index (κ2) is 8.90. The third kappa shape index (κ3) is 5.22. The predicted octanol–water partition coefficient (Wildman–Crippen LogP) is 4.56. The number of benzene rings is 2. The van der Waals surface area contributed by atoms with Gasteiger partial charge in [-0.05, 0) is 49.9 Å². The fourth-order valence-electron chi connectivity index (χ4n) is 3.00. The predicted molar refractivity (Wildman–Crippen MR) is 112 cm³/mol. The maximum atomic E-state index is 12.5. The summed E-state index contributed by atoms with van der Waals surface area (Å²) in [4.78, 5) is 16.8. The van der Waals surface area contributed by atoms with Crippen molar-refractivity contribution in [3.05, 3.63) is 65.0 Å². The molecule has 3 aromatic rings. The minimum Gasteiger partial charge on any atom is -0.481 e. The van der Waals surface area contributed by atoms with Gasteiger partial charge in [0.25, 0.3) is 5.91 Å². The van der Waals surface area contributed by atoms with Gasteiger partial charge in [-0.3, -0.25) is 4.79 Å². The smallest absolute Gasteiger partial charge is 0.261 e. The van der Waals surface area contributed by atoms with Crippen molar-refractivity contribution in [1.29, 1.82) is 0 Å². The van der Waals surface area contributed by atoms with Crippen molar-refractivity contribution in [3.63, 3.8) is 0 Å². The topological polar surface area (TPSA) is 77.2 Å². The first kappa shape index (κ1) is 20.6. The summed E-state index contributed by atoms with van der Waals surface area (Å²) in [6.45, 7) is 10.1. The van der Waals surface area contributed by atoms with E-state index in [1.54, 1.807) is 6.92 Å². The van der Waals surface area contributed by atoms with Gasteiger partial charge in [-0.25, -0.2) is 0 Å². The fraction of sp³-hybridized carbons (Fsp3) is 0.348. The van der Waals surface area contributed by atoms with Gasteiger partial charge in [-0.1, -0.05) is 54.9 Å². The monoisotopic (exact) mass is 393 g/mol. The summed E-state index contributed by atoms with van der Waals surface area (Å²) in [5.74, 6) is 1.65. The highest BCUT2D eigenvalue weighted by Gasteiger charge is 2.18. The molecule has 0 spiro atoms. The first-order valence-electron chi connectivity index (χ1n) is 9.78. The van der Waals surface area contributed by atoms with Crippen LogP contribution in [0.5, 0.6) is 5.75 Å². The Bertz CT molecular complexity index is 995. The van der Waals surface area contributed by atoms with Gasteiger partial charge in [0.2, 0.25) is 11.7 Å². The van der Waals surface area contributed by atoms with Gasteiger partial charge in [0.15, 0.2) is 6.10 Å². The number of nitrogens with one attached hydrogen (secondary N) is 1. The number of nitrogens with zero attached hydrogens (tertiary/aromatic N) is 2. The summed E-state index contributed by atoms with van der Waals surface area (Å²) in [6, 6.07) is 13.9. The van der Waals surface area contributed by atoms with Gasteiger partial charge < -0.3 is 14.6 Å². The van der Waals surface area contributed by atoms with E-state index in [1.807, 2.05) is 56.3 Å². The minimum atomic E-state index is -0.645. The van der Waals surface area contributed by atoms with E-state index in [1.165, 1.54) is 0 Å². The number of rotatable bonds is 7. The van der Waals surface area contributed by atoms with Gasteiger partial charge in [-0.15, -0.1) is 0 Å². The average molecular weight is 393 g/mol. The molecule has 0 unspecified atom stereocenters. The molecule has 1 N–H and O–H groups in total. The number of aryl methyl sites for hydroxylation is 2. The summed E-state index contributed by atoms with van der Waals surface area (Å²) < 4.78 is 11.2. The van der Waals surface area contributed by atoms with Crippen LogP contribution in [0.25, 0.3) is 11.4 Å². The van der Waals surface area contributed by atoms with E-state index in [4.69, 9.17) is 9.26 Å².